The van der Waals surface area contributed by atoms with Crippen LogP contribution in [0.4, 0.5) is 0 Å². The van der Waals surface area contributed by atoms with E-state index in [9.17, 15) is 0 Å². The van der Waals surface area contributed by atoms with Crippen LogP contribution in [0.15, 0.2) is 0 Å². The summed E-state index contributed by atoms with van der Waals surface area (Å²) in [4.78, 5) is 0. The van der Waals surface area contributed by atoms with Crippen molar-refractivity contribution in [2.24, 2.45) is 23.7 Å². The predicted molar refractivity (Wildman–Crippen MR) is 78.7 cm³/mol. The molecule has 2 aliphatic heterocycles. The van der Waals surface area contributed by atoms with Gasteiger partial charge in [0.15, 0.2) is 0 Å². The Morgan fingerprint density at radius 3 is 2.22 bits per heavy atom. The highest BCUT2D eigenvalue weighted by atomic mass is 14.9. The Hall–Kier alpha value is -0.0800. The van der Waals surface area contributed by atoms with E-state index in [4.69, 9.17) is 0 Å². The van der Waals surface area contributed by atoms with Crippen molar-refractivity contribution in [1.29, 1.82) is 0 Å². The van der Waals surface area contributed by atoms with Gasteiger partial charge in [-0.05, 0) is 75.4 Å². The third-order valence-electron chi connectivity index (χ3n) is 5.34. The van der Waals surface area contributed by atoms with E-state index in [1.807, 2.05) is 0 Å². The SMILES string of the molecule is CC(C)C1CCC(CC(C)C2CCNCC2)NC1. The first-order valence-corrected chi connectivity index (χ1v) is 8.11. The maximum absolute atomic E-state index is 3.80. The Morgan fingerprint density at radius 1 is 0.944 bits per heavy atom. The van der Waals surface area contributed by atoms with Crippen LogP contribution < -0.4 is 10.6 Å². The van der Waals surface area contributed by atoms with Gasteiger partial charge >= 0.3 is 0 Å². The molecule has 2 heteroatoms. The summed E-state index contributed by atoms with van der Waals surface area (Å²) < 4.78 is 0. The van der Waals surface area contributed by atoms with Gasteiger partial charge in [-0.1, -0.05) is 20.8 Å². The lowest BCUT2D eigenvalue weighted by molar-refractivity contribution is 0.197. The van der Waals surface area contributed by atoms with Crippen molar-refractivity contribution in [2.75, 3.05) is 19.6 Å². The van der Waals surface area contributed by atoms with E-state index in [0.717, 1.165) is 29.7 Å². The molecule has 2 N–H and O–H groups in total. The summed E-state index contributed by atoms with van der Waals surface area (Å²) in [6.07, 6.45) is 7.02. The lowest BCUT2D eigenvalue weighted by atomic mass is 9.79. The summed E-state index contributed by atoms with van der Waals surface area (Å²) in [5.41, 5.74) is 0. The topological polar surface area (TPSA) is 24.1 Å². The van der Waals surface area contributed by atoms with Crippen LogP contribution >= 0.6 is 0 Å². The van der Waals surface area contributed by atoms with Crippen molar-refractivity contribution < 1.29 is 0 Å². The number of hydrogen-bond acceptors (Lipinski definition) is 2. The molecule has 3 unspecified atom stereocenters. The van der Waals surface area contributed by atoms with Crippen LogP contribution in [0.3, 0.4) is 0 Å². The van der Waals surface area contributed by atoms with Crippen LogP contribution in [-0.2, 0) is 0 Å². The number of hydrogen-bond donors (Lipinski definition) is 2. The number of piperidine rings is 2. The molecule has 2 fully saturated rings. The van der Waals surface area contributed by atoms with Crippen molar-refractivity contribution in [3.05, 3.63) is 0 Å². The van der Waals surface area contributed by atoms with Gasteiger partial charge in [0.25, 0.3) is 0 Å². The molecule has 2 nitrogen and oxygen atoms in total. The van der Waals surface area contributed by atoms with Gasteiger partial charge in [0.2, 0.25) is 0 Å². The van der Waals surface area contributed by atoms with E-state index in [0.29, 0.717) is 0 Å². The molecule has 0 aliphatic carbocycles. The summed E-state index contributed by atoms with van der Waals surface area (Å²) in [5, 5.41) is 7.28. The van der Waals surface area contributed by atoms with Gasteiger partial charge in [-0.15, -0.1) is 0 Å². The maximum Gasteiger partial charge on any atom is 0.00699 e. The van der Waals surface area contributed by atoms with E-state index < -0.39 is 0 Å². The second kappa shape index (κ2) is 6.91. The normalized spacial score (nSPS) is 32.7. The lowest BCUT2D eigenvalue weighted by Gasteiger charge is -2.36. The summed E-state index contributed by atoms with van der Waals surface area (Å²) >= 11 is 0. The first-order chi connectivity index (χ1) is 8.66. The lowest BCUT2D eigenvalue weighted by Crippen LogP contribution is -2.42. The minimum atomic E-state index is 0.796. The third kappa shape index (κ3) is 3.96. The second-order valence-corrected chi connectivity index (χ2v) is 6.99. The fourth-order valence-electron chi connectivity index (χ4n) is 3.76. The highest BCUT2D eigenvalue weighted by Crippen LogP contribution is 2.29. The first-order valence-electron chi connectivity index (χ1n) is 8.11. The van der Waals surface area contributed by atoms with Gasteiger partial charge in [-0.3, -0.25) is 0 Å². The summed E-state index contributed by atoms with van der Waals surface area (Å²) in [6.45, 7) is 10.9. The van der Waals surface area contributed by atoms with Crippen LogP contribution in [0, 0.1) is 23.7 Å². The molecule has 106 valence electrons. The molecule has 2 aliphatic rings. The smallest absolute Gasteiger partial charge is 0.00699 e. The van der Waals surface area contributed by atoms with Crippen molar-refractivity contribution >= 4 is 0 Å². The Morgan fingerprint density at radius 2 is 1.67 bits per heavy atom. The van der Waals surface area contributed by atoms with Gasteiger partial charge in [-0.2, -0.15) is 0 Å². The summed E-state index contributed by atoms with van der Waals surface area (Å²) in [6, 6.07) is 0.796. The standard InChI is InChI=1S/C16H32N2/c1-12(2)15-4-5-16(18-11-15)10-13(3)14-6-8-17-9-7-14/h12-18H,4-11H2,1-3H3. The zero-order chi connectivity index (χ0) is 13.0. The minimum absolute atomic E-state index is 0.796. The molecule has 3 atom stereocenters. The average Bonchev–Trinajstić information content (AvgIpc) is 2.40. The van der Waals surface area contributed by atoms with E-state index in [-0.39, 0.29) is 0 Å². The minimum Gasteiger partial charge on any atom is -0.317 e. The number of nitrogens with one attached hydrogen (secondary N) is 2. The van der Waals surface area contributed by atoms with Crippen molar-refractivity contribution in [1.82, 2.24) is 10.6 Å². The number of rotatable bonds is 4. The molecular weight excluding hydrogens is 220 g/mol. The zero-order valence-electron chi connectivity index (χ0n) is 12.5. The van der Waals surface area contributed by atoms with Crippen LogP contribution in [0.5, 0.6) is 0 Å². The Kier molecular flexibility index (Phi) is 5.50. The van der Waals surface area contributed by atoms with Crippen molar-refractivity contribution in [3.8, 4) is 0 Å². The molecule has 0 aromatic heterocycles. The Bertz CT molecular complexity index is 225. The molecule has 0 radical (unpaired) electrons. The summed E-state index contributed by atoms with van der Waals surface area (Å²) in [7, 11) is 0. The van der Waals surface area contributed by atoms with Crippen molar-refractivity contribution in [2.45, 2.75) is 58.9 Å². The maximum atomic E-state index is 3.80. The van der Waals surface area contributed by atoms with Crippen LogP contribution in [0.2, 0.25) is 0 Å². The van der Waals surface area contributed by atoms with Gasteiger partial charge in [0.05, 0.1) is 0 Å². The molecule has 0 amide bonds. The molecule has 0 aromatic rings. The molecule has 0 spiro atoms. The van der Waals surface area contributed by atoms with Gasteiger partial charge in [0.1, 0.15) is 0 Å². The van der Waals surface area contributed by atoms with Gasteiger partial charge in [-0.25, -0.2) is 0 Å². The van der Waals surface area contributed by atoms with E-state index in [1.54, 1.807) is 0 Å². The van der Waals surface area contributed by atoms with E-state index in [1.165, 1.54) is 51.7 Å². The molecule has 2 saturated heterocycles. The average molecular weight is 252 g/mol. The molecule has 0 saturated carbocycles. The molecule has 0 aromatic carbocycles. The van der Waals surface area contributed by atoms with Crippen molar-refractivity contribution in [3.63, 3.8) is 0 Å². The van der Waals surface area contributed by atoms with Gasteiger partial charge in [0, 0.05) is 6.04 Å². The first kappa shape index (κ1) is 14.3. The highest BCUT2D eigenvalue weighted by Gasteiger charge is 2.26. The zero-order valence-corrected chi connectivity index (χ0v) is 12.5. The predicted octanol–water partition coefficient (Wildman–Crippen LogP) is 3.04. The van der Waals surface area contributed by atoms with E-state index in [2.05, 4.69) is 31.4 Å². The second-order valence-electron chi connectivity index (χ2n) is 6.99. The van der Waals surface area contributed by atoms with Crippen LogP contribution in [0.25, 0.3) is 0 Å². The largest absolute Gasteiger partial charge is 0.317 e. The van der Waals surface area contributed by atoms with Crippen LogP contribution in [0.1, 0.15) is 52.9 Å². The molecule has 2 heterocycles. The molecule has 18 heavy (non-hydrogen) atoms. The highest BCUT2D eigenvalue weighted by molar-refractivity contribution is 4.83. The van der Waals surface area contributed by atoms with Crippen LogP contribution in [-0.4, -0.2) is 25.7 Å². The fraction of sp³-hybridized carbons (Fsp3) is 1.00. The Balaban J connectivity index is 1.70. The third-order valence-corrected chi connectivity index (χ3v) is 5.34. The van der Waals surface area contributed by atoms with Gasteiger partial charge < -0.3 is 10.6 Å². The monoisotopic (exact) mass is 252 g/mol. The Labute approximate surface area is 113 Å². The van der Waals surface area contributed by atoms with E-state index >= 15 is 0 Å². The molecular formula is C16H32N2. The quantitative estimate of drug-likeness (QED) is 0.803. The molecule has 0 bridgehead atoms. The summed E-state index contributed by atoms with van der Waals surface area (Å²) in [5.74, 6) is 3.63. The fourth-order valence-corrected chi connectivity index (χ4v) is 3.76. The molecule has 2 rings (SSSR count).